The van der Waals surface area contributed by atoms with E-state index in [9.17, 15) is 9.59 Å². The molecule has 1 atom stereocenters. The summed E-state index contributed by atoms with van der Waals surface area (Å²) in [5.41, 5.74) is 1.36. The number of carbonyl (C=O) groups excluding carboxylic acids is 2. The second-order valence-corrected chi connectivity index (χ2v) is 8.76. The first-order valence-electron chi connectivity index (χ1n) is 10.5. The maximum absolute atomic E-state index is 13.3. The summed E-state index contributed by atoms with van der Waals surface area (Å²) >= 11 is 0. The average molecular weight is 419 g/mol. The monoisotopic (exact) mass is 418 g/mol. The molecule has 0 heterocycles. The number of rotatable bonds is 6. The zero-order chi connectivity index (χ0) is 22.4. The number of hydrogen-bond acceptors (Lipinski definition) is 3. The van der Waals surface area contributed by atoms with Crippen LogP contribution in [0.5, 0.6) is 0 Å². The molecule has 0 aliphatic heterocycles. The van der Waals surface area contributed by atoms with Crippen LogP contribution in [0.4, 0.5) is 4.79 Å². The van der Waals surface area contributed by atoms with Crippen LogP contribution in [0.1, 0.15) is 31.9 Å². The van der Waals surface area contributed by atoms with Gasteiger partial charge in [-0.05, 0) is 42.7 Å². The van der Waals surface area contributed by atoms with Crippen molar-refractivity contribution in [2.24, 2.45) is 0 Å². The van der Waals surface area contributed by atoms with Crippen molar-refractivity contribution in [1.82, 2.24) is 10.2 Å². The highest BCUT2D eigenvalue weighted by Crippen LogP contribution is 2.18. The van der Waals surface area contributed by atoms with E-state index in [0.717, 1.165) is 21.9 Å². The Kier molecular flexibility index (Phi) is 6.95. The molecule has 0 saturated carbocycles. The minimum absolute atomic E-state index is 0.164. The molecule has 3 rings (SSSR count). The van der Waals surface area contributed by atoms with E-state index in [-0.39, 0.29) is 5.91 Å². The van der Waals surface area contributed by atoms with Gasteiger partial charge in [-0.15, -0.1) is 0 Å². The number of carbonyl (C=O) groups is 2. The van der Waals surface area contributed by atoms with Crippen molar-refractivity contribution >= 4 is 22.8 Å². The van der Waals surface area contributed by atoms with Crippen LogP contribution in [-0.4, -0.2) is 35.6 Å². The number of alkyl carbamates (subject to hydrolysis) is 1. The quantitative estimate of drug-likeness (QED) is 0.617. The van der Waals surface area contributed by atoms with E-state index in [2.05, 4.69) is 11.4 Å². The predicted molar refractivity (Wildman–Crippen MR) is 124 cm³/mol. The molecular weight excluding hydrogens is 388 g/mol. The Labute approximate surface area is 184 Å². The lowest BCUT2D eigenvalue weighted by molar-refractivity contribution is -0.132. The normalized spacial score (nSPS) is 12.3. The maximum atomic E-state index is 13.3. The van der Waals surface area contributed by atoms with Crippen LogP contribution in [0.3, 0.4) is 0 Å². The lowest BCUT2D eigenvalue weighted by atomic mass is 10.0. The first kappa shape index (κ1) is 22.3. The average Bonchev–Trinajstić information content (AvgIpc) is 2.72. The third-order valence-corrected chi connectivity index (χ3v) is 4.88. The lowest BCUT2D eigenvalue weighted by Gasteiger charge is -2.27. The summed E-state index contributed by atoms with van der Waals surface area (Å²) in [7, 11) is 1.75. The van der Waals surface area contributed by atoms with Gasteiger partial charge >= 0.3 is 6.09 Å². The molecule has 0 aliphatic rings. The van der Waals surface area contributed by atoms with Crippen LogP contribution in [-0.2, 0) is 22.5 Å². The number of nitrogens with one attached hydrogen (secondary N) is 1. The lowest BCUT2D eigenvalue weighted by Crippen LogP contribution is -2.49. The second-order valence-electron chi connectivity index (χ2n) is 8.76. The summed E-state index contributed by atoms with van der Waals surface area (Å²) in [4.78, 5) is 27.4. The Balaban J connectivity index is 1.80. The molecule has 31 heavy (non-hydrogen) atoms. The van der Waals surface area contributed by atoms with Crippen molar-refractivity contribution in [3.05, 3.63) is 83.9 Å². The van der Waals surface area contributed by atoms with E-state index < -0.39 is 17.7 Å². The molecule has 0 aliphatic carbocycles. The van der Waals surface area contributed by atoms with Crippen molar-refractivity contribution in [2.75, 3.05) is 7.05 Å². The van der Waals surface area contributed by atoms with Crippen molar-refractivity contribution < 1.29 is 14.3 Å². The Morgan fingerprint density at radius 3 is 2.23 bits per heavy atom. The summed E-state index contributed by atoms with van der Waals surface area (Å²) in [5, 5.41) is 5.02. The summed E-state index contributed by atoms with van der Waals surface area (Å²) in [6.07, 6.45) is -0.220. The topological polar surface area (TPSA) is 58.6 Å². The summed E-state index contributed by atoms with van der Waals surface area (Å²) in [6.45, 7) is 5.86. The number of benzene rings is 3. The van der Waals surface area contributed by atoms with Crippen LogP contribution in [0.25, 0.3) is 10.8 Å². The fourth-order valence-corrected chi connectivity index (χ4v) is 3.45. The van der Waals surface area contributed by atoms with E-state index >= 15 is 0 Å². The van der Waals surface area contributed by atoms with Crippen LogP contribution < -0.4 is 5.32 Å². The zero-order valence-corrected chi connectivity index (χ0v) is 18.6. The van der Waals surface area contributed by atoms with E-state index in [4.69, 9.17) is 4.74 Å². The van der Waals surface area contributed by atoms with Gasteiger partial charge in [-0.3, -0.25) is 4.79 Å². The van der Waals surface area contributed by atoms with Crippen LogP contribution in [0.15, 0.2) is 72.8 Å². The number of hydrogen-bond donors (Lipinski definition) is 1. The molecule has 3 aromatic carbocycles. The molecule has 5 nitrogen and oxygen atoms in total. The third kappa shape index (κ3) is 6.57. The fraction of sp³-hybridized carbons (Fsp3) is 0.308. The summed E-state index contributed by atoms with van der Waals surface area (Å²) in [6, 6.07) is 23.2. The fourth-order valence-electron chi connectivity index (χ4n) is 3.45. The zero-order valence-electron chi connectivity index (χ0n) is 18.6. The highest BCUT2D eigenvalue weighted by atomic mass is 16.6. The number of amides is 2. The molecule has 5 heteroatoms. The van der Waals surface area contributed by atoms with Gasteiger partial charge in [-0.2, -0.15) is 0 Å². The number of nitrogens with zero attached hydrogens (tertiary/aromatic N) is 1. The van der Waals surface area contributed by atoms with E-state index in [1.54, 1.807) is 32.7 Å². The molecule has 0 bridgehead atoms. The second kappa shape index (κ2) is 9.65. The van der Waals surface area contributed by atoms with Gasteiger partial charge in [-0.25, -0.2) is 4.79 Å². The summed E-state index contributed by atoms with van der Waals surface area (Å²) in [5.74, 6) is -0.164. The molecular formula is C26H30N2O3. The SMILES string of the molecule is CN(Cc1ccccc1)C(=O)C(Cc1ccc2ccccc2c1)NC(=O)OC(C)(C)C. The van der Waals surface area contributed by atoms with Crippen LogP contribution in [0.2, 0.25) is 0 Å². The highest BCUT2D eigenvalue weighted by molar-refractivity contribution is 5.87. The van der Waals surface area contributed by atoms with Crippen LogP contribution in [0, 0.1) is 0 Å². The Bertz CT molecular complexity index is 1040. The van der Waals surface area contributed by atoms with E-state index in [0.29, 0.717) is 13.0 Å². The Hall–Kier alpha value is -3.34. The molecule has 2 amide bonds. The minimum atomic E-state index is -0.732. The van der Waals surface area contributed by atoms with Crippen molar-refractivity contribution in [3.63, 3.8) is 0 Å². The molecule has 0 saturated heterocycles. The van der Waals surface area contributed by atoms with E-state index in [1.165, 1.54) is 0 Å². The molecule has 0 aromatic heterocycles. The maximum Gasteiger partial charge on any atom is 0.408 e. The molecule has 0 spiro atoms. The molecule has 1 unspecified atom stereocenters. The van der Waals surface area contributed by atoms with Crippen molar-refractivity contribution in [3.8, 4) is 0 Å². The van der Waals surface area contributed by atoms with Gasteiger partial charge in [0.2, 0.25) is 5.91 Å². The minimum Gasteiger partial charge on any atom is -0.444 e. The Morgan fingerprint density at radius 1 is 0.903 bits per heavy atom. The molecule has 0 radical (unpaired) electrons. The summed E-state index contributed by atoms with van der Waals surface area (Å²) < 4.78 is 5.40. The van der Waals surface area contributed by atoms with Gasteiger partial charge in [0.25, 0.3) is 0 Å². The Morgan fingerprint density at radius 2 is 1.55 bits per heavy atom. The van der Waals surface area contributed by atoms with Crippen molar-refractivity contribution in [2.45, 2.75) is 45.4 Å². The van der Waals surface area contributed by atoms with E-state index in [1.807, 2.05) is 66.7 Å². The molecule has 162 valence electrons. The van der Waals surface area contributed by atoms with Gasteiger partial charge in [0.05, 0.1) is 0 Å². The molecule has 3 aromatic rings. The number of likely N-dealkylation sites (N-methyl/N-ethyl adjacent to an activating group) is 1. The smallest absolute Gasteiger partial charge is 0.408 e. The van der Waals surface area contributed by atoms with Gasteiger partial charge in [-0.1, -0.05) is 72.8 Å². The predicted octanol–water partition coefficient (Wildman–Crippen LogP) is 4.93. The van der Waals surface area contributed by atoms with Crippen LogP contribution >= 0.6 is 0 Å². The van der Waals surface area contributed by atoms with Gasteiger partial charge in [0.1, 0.15) is 11.6 Å². The molecule has 1 N–H and O–H groups in total. The first-order chi connectivity index (χ1) is 14.7. The van der Waals surface area contributed by atoms with Gasteiger partial charge in [0.15, 0.2) is 0 Å². The third-order valence-electron chi connectivity index (χ3n) is 4.88. The largest absolute Gasteiger partial charge is 0.444 e. The standard InChI is InChI=1S/C26H30N2O3/c1-26(2,3)31-25(30)27-23(24(29)28(4)18-19-10-6-5-7-11-19)17-20-14-15-21-12-8-9-13-22(21)16-20/h5-16,23H,17-18H2,1-4H3,(H,27,30). The number of fused-ring (bicyclic) bond motifs is 1. The van der Waals surface area contributed by atoms with Gasteiger partial charge < -0.3 is 15.0 Å². The number of ether oxygens (including phenoxy) is 1. The molecule has 0 fully saturated rings. The van der Waals surface area contributed by atoms with Crippen molar-refractivity contribution in [1.29, 1.82) is 0 Å². The highest BCUT2D eigenvalue weighted by Gasteiger charge is 2.27. The van der Waals surface area contributed by atoms with Gasteiger partial charge in [0, 0.05) is 20.0 Å². The first-order valence-corrected chi connectivity index (χ1v) is 10.5.